The number of amides is 2. The van der Waals surface area contributed by atoms with Crippen LogP contribution in [0.15, 0.2) is 42.5 Å². The summed E-state index contributed by atoms with van der Waals surface area (Å²) in [6, 6.07) is 12.5. The Morgan fingerprint density at radius 3 is 2.61 bits per heavy atom. The van der Waals surface area contributed by atoms with Crippen molar-refractivity contribution in [3.63, 3.8) is 0 Å². The van der Waals surface area contributed by atoms with Gasteiger partial charge in [0, 0.05) is 18.7 Å². The van der Waals surface area contributed by atoms with Crippen molar-refractivity contribution in [2.24, 2.45) is 0 Å². The quantitative estimate of drug-likeness (QED) is 0.600. The van der Waals surface area contributed by atoms with Crippen LogP contribution in [0.25, 0.3) is 5.69 Å². The van der Waals surface area contributed by atoms with Crippen molar-refractivity contribution < 1.29 is 14.3 Å². The van der Waals surface area contributed by atoms with Crippen LogP contribution < -0.4 is 10.2 Å². The second kappa shape index (κ2) is 8.95. The molecule has 0 spiro atoms. The second-order valence-corrected chi connectivity index (χ2v) is 7.62. The van der Waals surface area contributed by atoms with E-state index in [9.17, 15) is 9.59 Å². The SMILES string of the molecule is CCc1nc(C(=O)NCc2cccc(N3CCOC3=O)c2)nn1-c1c(Cl)cccc1Cl. The number of carbonyl (C=O) groups is 2. The van der Waals surface area contributed by atoms with E-state index in [4.69, 9.17) is 27.9 Å². The van der Waals surface area contributed by atoms with Crippen molar-refractivity contribution in [3.8, 4) is 5.69 Å². The van der Waals surface area contributed by atoms with Crippen molar-refractivity contribution in [3.05, 3.63) is 69.7 Å². The summed E-state index contributed by atoms with van der Waals surface area (Å²) in [6.45, 7) is 3.02. The fraction of sp³-hybridized carbons (Fsp3) is 0.238. The molecule has 4 rings (SSSR count). The lowest BCUT2D eigenvalue weighted by atomic mass is 10.2. The van der Waals surface area contributed by atoms with E-state index in [-0.39, 0.29) is 18.5 Å². The van der Waals surface area contributed by atoms with E-state index in [1.54, 1.807) is 23.1 Å². The van der Waals surface area contributed by atoms with Gasteiger partial charge in [0.25, 0.3) is 5.91 Å². The number of hydrogen-bond donors (Lipinski definition) is 1. The van der Waals surface area contributed by atoms with Gasteiger partial charge in [-0.05, 0) is 29.8 Å². The Bertz CT molecular complexity index is 1130. The van der Waals surface area contributed by atoms with E-state index >= 15 is 0 Å². The van der Waals surface area contributed by atoms with Gasteiger partial charge in [-0.2, -0.15) is 0 Å². The number of aryl methyl sites for hydroxylation is 1. The van der Waals surface area contributed by atoms with Gasteiger partial charge in [-0.3, -0.25) is 9.69 Å². The number of hydrogen-bond acceptors (Lipinski definition) is 5. The lowest BCUT2D eigenvalue weighted by Gasteiger charge is -2.14. The van der Waals surface area contributed by atoms with Crippen LogP contribution in [-0.2, 0) is 17.7 Å². The summed E-state index contributed by atoms with van der Waals surface area (Å²) in [5.41, 5.74) is 2.03. The maximum Gasteiger partial charge on any atom is 0.414 e. The number of cyclic esters (lactones) is 1. The zero-order chi connectivity index (χ0) is 22.0. The van der Waals surface area contributed by atoms with Crippen LogP contribution in [0, 0.1) is 0 Å². The maximum atomic E-state index is 12.7. The zero-order valence-electron chi connectivity index (χ0n) is 16.6. The predicted molar refractivity (Wildman–Crippen MR) is 117 cm³/mol. The number of rotatable bonds is 6. The molecular weight excluding hydrogens is 441 g/mol. The number of ether oxygens (including phenoxy) is 1. The van der Waals surface area contributed by atoms with E-state index in [0.29, 0.717) is 41.1 Å². The number of para-hydroxylation sites is 1. The summed E-state index contributed by atoms with van der Waals surface area (Å²) in [5, 5.41) is 7.97. The monoisotopic (exact) mass is 459 g/mol. The molecule has 0 saturated carbocycles. The van der Waals surface area contributed by atoms with E-state index < -0.39 is 5.91 Å². The molecule has 1 N–H and O–H groups in total. The molecule has 0 radical (unpaired) electrons. The lowest BCUT2D eigenvalue weighted by molar-refractivity contribution is 0.0940. The highest BCUT2D eigenvalue weighted by Gasteiger charge is 2.24. The van der Waals surface area contributed by atoms with Crippen molar-refractivity contribution in [2.45, 2.75) is 19.9 Å². The molecule has 2 aromatic carbocycles. The van der Waals surface area contributed by atoms with E-state index in [2.05, 4.69) is 15.4 Å². The molecule has 2 amide bonds. The summed E-state index contributed by atoms with van der Waals surface area (Å²) in [6.07, 6.45) is 0.164. The van der Waals surface area contributed by atoms with Crippen LogP contribution in [0.4, 0.5) is 10.5 Å². The third-order valence-electron chi connectivity index (χ3n) is 4.78. The fourth-order valence-corrected chi connectivity index (χ4v) is 3.82. The average Bonchev–Trinajstić information content (AvgIpc) is 3.38. The molecule has 1 aliphatic heterocycles. The van der Waals surface area contributed by atoms with E-state index in [0.717, 1.165) is 11.3 Å². The maximum absolute atomic E-state index is 12.7. The van der Waals surface area contributed by atoms with Crippen molar-refractivity contribution in [1.29, 1.82) is 0 Å². The largest absolute Gasteiger partial charge is 0.447 e. The van der Waals surface area contributed by atoms with Gasteiger partial charge in [0.2, 0.25) is 5.82 Å². The molecule has 1 aliphatic rings. The molecule has 10 heteroatoms. The molecular formula is C21H19Cl2N5O3. The lowest BCUT2D eigenvalue weighted by Crippen LogP contribution is -2.25. The first-order chi connectivity index (χ1) is 15.0. The number of nitrogens with zero attached hydrogens (tertiary/aromatic N) is 4. The second-order valence-electron chi connectivity index (χ2n) is 6.81. The van der Waals surface area contributed by atoms with Crippen LogP contribution in [0.5, 0.6) is 0 Å². The van der Waals surface area contributed by atoms with Crippen molar-refractivity contribution in [2.75, 3.05) is 18.1 Å². The first-order valence-corrected chi connectivity index (χ1v) is 10.4. The highest BCUT2D eigenvalue weighted by molar-refractivity contribution is 6.37. The summed E-state index contributed by atoms with van der Waals surface area (Å²) in [4.78, 5) is 30.3. The van der Waals surface area contributed by atoms with Gasteiger partial charge in [0.1, 0.15) is 18.1 Å². The Balaban J connectivity index is 1.51. The summed E-state index contributed by atoms with van der Waals surface area (Å²) >= 11 is 12.6. The predicted octanol–water partition coefficient (Wildman–Crippen LogP) is 4.02. The molecule has 0 bridgehead atoms. The number of aromatic nitrogens is 3. The number of anilines is 1. The number of carbonyl (C=O) groups excluding carboxylic acids is 2. The van der Waals surface area contributed by atoms with Gasteiger partial charge in [-0.25, -0.2) is 14.5 Å². The van der Waals surface area contributed by atoms with E-state index in [1.165, 1.54) is 4.68 Å². The number of benzene rings is 2. The highest BCUT2D eigenvalue weighted by Crippen LogP contribution is 2.28. The van der Waals surface area contributed by atoms with Gasteiger partial charge in [-0.15, -0.1) is 5.10 Å². The van der Waals surface area contributed by atoms with Gasteiger partial charge in [0.05, 0.1) is 16.6 Å². The molecule has 0 aliphatic carbocycles. The van der Waals surface area contributed by atoms with Crippen LogP contribution in [0.2, 0.25) is 10.0 Å². The molecule has 0 atom stereocenters. The topological polar surface area (TPSA) is 89.3 Å². The zero-order valence-corrected chi connectivity index (χ0v) is 18.2. The minimum atomic E-state index is -0.428. The third-order valence-corrected chi connectivity index (χ3v) is 5.39. The molecule has 1 saturated heterocycles. The van der Waals surface area contributed by atoms with Gasteiger partial charge in [0.15, 0.2) is 0 Å². The Labute approximate surface area is 188 Å². The van der Waals surface area contributed by atoms with Crippen LogP contribution in [-0.4, -0.2) is 39.9 Å². The molecule has 2 heterocycles. The van der Waals surface area contributed by atoms with Crippen molar-refractivity contribution in [1.82, 2.24) is 20.1 Å². The van der Waals surface area contributed by atoms with Gasteiger partial charge >= 0.3 is 6.09 Å². The third kappa shape index (κ3) is 4.35. The normalized spacial score (nSPS) is 13.4. The van der Waals surface area contributed by atoms with Crippen molar-refractivity contribution >= 4 is 40.9 Å². The highest BCUT2D eigenvalue weighted by atomic mass is 35.5. The Morgan fingerprint density at radius 1 is 1.19 bits per heavy atom. The Kier molecular flexibility index (Phi) is 6.11. The fourth-order valence-electron chi connectivity index (χ4n) is 3.26. The molecule has 3 aromatic rings. The summed E-state index contributed by atoms with van der Waals surface area (Å²) in [7, 11) is 0. The molecule has 1 fully saturated rings. The minimum absolute atomic E-state index is 0.0205. The molecule has 1 aromatic heterocycles. The molecule has 160 valence electrons. The number of halogens is 2. The molecule has 8 nitrogen and oxygen atoms in total. The van der Waals surface area contributed by atoms with Gasteiger partial charge in [-0.1, -0.05) is 48.3 Å². The average molecular weight is 460 g/mol. The summed E-state index contributed by atoms with van der Waals surface area (Å²) in [5.74, 6) is 0.157. The Morgan fingerprint density at radius 2 is 1.94 bits per heavy atom. The molecule has 31 heavy (non-hydrogen) atoms. The van der Waals surface area contributed by atoms with Crippen LogP contribution in [0.3, 0.4) is 0 Å². The Hall–Kier alpha value is -3.10. The van der Waals surface area contributed by atoms with E-state index in [1.807, 2.05) is 31.2 Å². The smallest absolute Gasteiger partial charge is 0.414 e. The summed E-state index contributed by atoms with van der Waals surface area (Å²) < 4.78 is 6.47. The first-order valence-electron chi connectivity index (χ1n) is 9.69. The standard InChI is InChI=1S/C21H19Cl2N5O3/c1-2-17-25-19(26-28(17)18-15(22)7-4-8-16(18)23)20(29)24-12-13-5-3-6-14(11-13)27-9-10-31-21(27)30/h3-8,11H,2,9-10,12H2,1H3,(H,24,29). The van der Waals surface area contributed by atoms with Crippen LogP contribution in [0.1, 0.15) is 28.9 Å². The van der Waals surface area contributed by atoms with Gasteiger partial charge < -0.3 is 10.1 Å². The molecule has 0 unspecified atom stereocenters. The minimum Gasteiger partial charge on any atom is -0.447 e. The first kappa shape index (κ1) is 21.1. The van der Waals surface area contributed by atoms with Crippen LogP contribution >= 0.6 is 23.2 Å². The number of nitrogens with one attached hydrogen (secondary N) is 1.